The fraction of sp³-hybridized carbons (Fsp3) is 0.0769. The number of carbonyl (C=O) groups excluding carboxylic acids is 1. The highest BCUT2D eigenvalue weighted by molar-refractivity contribution is 5.87. The summed E-state index contributed by atoms with van der Waals surface area (Å²) in [7, 11) is 1.93. The van der Waals surface area contributed by atoms with Gasteiger partial charge in [0, 0.05) is 44.6 Å². The van der Waals surface area contributed by atoms with Gasteiger partial charge < -0.3 is 24.7 Å². The first kappa shape index (κ1) is 21.9. The van der Waals surface area contributed by atoms with E-state index >= 15 is 0 Å². The van der Waals surface area contributed by atoms with Crippen LogP contribution < -0.4 is 20.1 Å². The number of anilines is 3. The van der Waals surface area contributed by atoms with Crippen molar-refractivity contribution >= 4 is 34.4 Å². The summed E-state index contributed by atoms with van der Waals surface area (Å²) in [5, 5.41) is 5.97. The molecule has 9 heteroatoms. The minimum absolute atomic E-state index is 0.199. The summed E-state index contributed by atoms with van der Waals surface area (Å²) in [6.07, 6.45) is 4.95. The molecular weight excluding hydrogens is 444 g/mol. The van der Waals surface area contributed by atoms with Gasteiger partial charge in [-0.2, -0.15) is 0 Å². The number of hydrogen-bond acceptors (Lipinski definition) is 7. The number of aromatic nitrogens is 4. The van der Waals surface area contributed by atoms with Crippen LogP contribution in [-0.4, -0.2) is 25.4 Å². The third kappa shape index (κ3) is 5.03. The number of ether oxygens (including phenoxy) is 2. The highest BCUT2D eigenvalue weighted by atomic mass is 16.5. The highest BCUT2D eigenvalue weighted by Gasteiger charge is 2.13. The third-order valence-corrected chi connectivity index (χ3v) is 5.12. The van der Waals surface area contributed by atoms with E-state index in [1.165, 1.54) is 6.92 Å². The Morgan fingerprint density at radius 1 is 0.914 bits per heavy atom. The zero-order valence-electron chi connectivity index (χ0n) is 19.1. The molecule has 0 saturated heterocycles. The van der Waals surface area contributed by atoms with Crippen molar-refractivity contribution in [3.8, 4) is 23.0 Å². The second-order valence-corrected chi connectivity index (χ2v) is 7.72. The van der Waals surface area contributed by atoms with Crippen molar-refractivity contribution in [3.63, 3.8) is 0 Å². The van der Waals surface area contributed by atoms with Crippen LogP contribution in [0.25, 0.3) is 11.0 Å². The molecule has 2 N–H and O–H groups in total. The lowest BCUT2D eigenvalue weighted by molar-refractivity contribution is -0.114. The summed E-state index contributed by atoms with van der Waals surface area (Å²) in [6.45, 7) is 1.43. The van der Waals surface area contributed by atoms with Crippen molar-refractivity contribution in [2.75, 3.05) is 10.6 Å². The first-order chi connectivity index (χ1) is 17.0. The van der Waals surface area contributed by atoms with Crippen molar-refractivity contribution in [3.05, 3.63) is 85.3 Å². The van der Waals surface area contributed by atoms with Crippen molar-refractivity contribution in [2.45, 2.75) is 6.92 Å². The maximum atomic E-state index is 11.3. The van der Waals surface area contributed by atoms with Crippen LogP contribution in [-0.2, 0) is 11.8 Å². The average Bonchev–Trinajstić information content (AvgIpc) is 3.15. The molecule has 0 aliphatic rings. The van der Waals surface area contributed by atoms with E-state index < -0.39 is 0 Å². The van der Waals surface area contributed by atoms with Gasteiger partial charge in [-0.15, -0.1) is 0 Å². The number of carbonyl (C=O) groups is 1. The highest BCUT2D eigenvalue weighted by Crippen LogP contribution is 2.32. The number of fused-ring (bicyclic) bond motifs is 1. The monoisotopic (exact) mass is 466 g/mol. The summed E-state index contributed by atoms with van der Waals surface area (Å²) in [5.74, 6) is 3.37. The number of amides is 1. The molecule has 0 unspecified atom stereocenters. The molecular formula is C26H22N6O3. The lowest BCUT2D eigenvalue weighted by Gasteiger charge is -2.12. The maximum Gasteiger partial charge on any atom is 0.222 e. The lowest BCUT2D eigenvalue weighted by Crippen LogP contribution is -2.07. The quantitative estimate of drug-likeness (QED) is 0.319. The molecule has 2 aromatic carbocycles. The Balaban J connectivity index is 1.39. The predicted molar refractivity (Wildman–Crippen MR) is 133 cm³/mol. The van der Waals surface area contributed by atoms with Gasteiger partial charge in [0.05, 0.1) is 17.2 Å². The second-order valence-electron chi connectivity index (χ2n) is 7.72. The largest absolute Gasteiger partial charge is 0.457 e. The SMILES string of the molecule is CC(=O)Nc1cc(Oc2ccc3c(c2)nc(Nc2cnccc2Oc2ccccc2)n3C)ccn1. The van der Waals surface area contributed by atoms with Gasteiger partial charge >= 0.3 is 0 Å². The van der Waals surface area contributed by atoms with E-state index in [9.17, 15) is 4.79 Å². The van der Waals surface area contributed by atoms with Gasteiger partial charge in [-0.1, -0.05) is 18.2 Å². The summed E-state index contributed by atoms with van der Waals surface area (Å²) in [4.78, 5) is 24.4. The van der Waals surface area contributed by atoms with E-state index in [1.54, 1.807) is 36.8 Å². The van der Waals surface area contributed by atoms with E-state index in [1.807, 2.05) is 60.1 Å². The van der Waals surface area contributed by atoms with Gasteiger partial charge in [0.1, 0.15) is 28.8 Å². The van der Waals surface area contributed by atoms with E-state index in [4.69, 9.17) is 14.5 Å². The molecule has 0 fully saturated rings. The van der Waals surface area contributed by atoms with Crippen LogP contribution in [0.5, 0.6) is 23.0 Å². The van der Waals surface area contributed by atoms with Crippen molar-refractivity contribution in [1.29, 1.82) is 0 Å². The molecule has 0 saturated carbocycles. The minimum Gasteiger partial charge on any atom is -0.457 e. The first-order valence-corrected chi connectivity index (χ1v) is 10.9. The van der Waals surface area contributed by atoms with Crippen LogP contribution in [0.2, 0.25) is 0 Å². The average molecular weight is 467 g/mol. The molecule has 0 aliphatic carbocycles. The number of nitrogens with one attached hydrogen (secondary N) is 2. The van der Waals surface area contributed by atoms with Crippen LogP contribution in [0.3, 0.4) is 0 Å². The van der Waals surface area contributed by atoms with E-state index in [2.05, 4.69) is 20.6 Å². The molecule has 0 aliphatic heterocycles. The normalized spacial score (nSPS) is 10.7. The third-order valence-electron chi connectivity index (χ3n) is 5.12. The molecule has 0 spiro atoms. The number of aryl methyl sites for hydroxylation is 1. The molecule has 5 aromatic rings. The van der Waals surface area contributed by atoms with Gasteiger partial charge in [0.2, 0.25) is 11.9 Å². The molecule has 5 rings (SSSR count). The van der Waals surface area contributed by atoms with E-state index in [0.29, 0.717) is 34.7 Å². The summed E-state index contributed by atoms with van der Waals surface area (Å²) in [5.41, 5.74) is 2.36. The number of pyridine rings is 2. The molecule has 9 nitrogen and oxygen atoms in total. The number of imidazole rings is 1. The van der Waals surface area contributed by atoms with Gasteiger partial charge in [-0.05, 0) is 30.3 Å². The van der Waals surface area contributed by atoms with Crippen LogP contribution in [0.15, 0.2) is 85.3 Å². The van der Waals surface area contributed by atoms with Gasteiger partial charge in [-0.25, -0.2) is 9.97 Å². The van der Waals surface area contributed by atoms with Crippen LogP contribution in [0.4, 0.5) is 17.5 Å². The molecule has 0 atom stereocenters. The lowest BCUT2D eigenvalue weighted by atomic mass is 10.3. The number of rotatable bonds is 7. The standard InChI is InChI=1S/C26H22N6O3/c1-17(33)29-25-15-20(10-13-28-25)34-19-8-9-23-21(14-19)30-26(32(23)2)31-22-16-27-12-11-24(22)35-18-6-4-3-5-7-18/h3-16H,1-2H3,(H,30,31)(H,28,29,33). The molecule has 0 radical (unpaired) electrons. The fourth-order valence-corrected chi connectivity index (χ4v) is 3.51. The number of nitrogens with zero attached hydrogens (tertiary/aromatic N) is 4. The summed E-state index contributed by atoms with van der Waals surface area (Å²) in [6, 6.07) is 20.4. The zero-order valence-corrected chi connectivity index (χ0v) is 19.1. The molecule has 35 heavy (non-hydrogen) atoms. The van der Waals surface area contributed by atoms with Crippen molar-refractivity contribution in [2.24, 2.45) is 7.05 Å². The minimum atomic E-state index is -0.199. The van der Waals surface area contributed by atoms with Crippen LogP contribution in [0.1, 0.15) is 6.92 Å². The molecule has 1 amide bonds. The Kier molecular flexibility index (Phi) is 5.96. The van der Waals surface area contributed by atoms with Crippen LogP contribution >= 0.6 is 0 Å². The zero-order chi connectivity index (χ0) is 24.2. The predicted octanol–water partition coefficient (Wildman–Crippen LogP) is 5.65. The van der Waals surface area contributed by atoms with Gasteiger partial charge in [0.15, 0.2) is 5.75 Å². The van der Waals surface area contributed by atoms with Crippen molar-refractivity contribution < 1.29 is 14.3 Å². The molecule has 0 bridgehead atoms. The van der Waals surface area contributed by atoms with E-state index in [-0.39, 0.29) is 5.91 Å². The van der Waals surface area contributed by atoms with E-state index in [0.717, 1.165) is 16.8 Å². The number of hydrogen-bond donors (Lipinski definition) is 2. The maximum absolute atomic E-state index is 11.3. The van der Waals surface area contributed by atoms with Crippen molar-refractivity contribution in [1.82, 2.24) is 19.5 Å². The van der Waals surface area contributed by atoms with Gasteiger partial charge in [-0.3, -0.25) is 9.78 Å². The second kappa shape index (κ2) is 9.52. The Morgan fingerprint density at radius 2 is 1.74 bits per heavy atom. The Hall–Kier alpha value is -4.92. The first-order valence-electron chi connectivity index (χ1n) is 10.9. The Bertz CT molecular complexity index is 1500. The topological polar surface area (TPSA) is 103 Å². The number of benzene rings is 2. The smallest absolute Gasteiger partial charge is 0.222 e. The molecule has 3 aromatic heterocycles. The van der Waals surface area contributed by atoms with Crippen LogP contribution in [0, 0.1) is 0 Å². The molecule has 174 valence electrons. The van der Waals surface area contributed by atoms with Gasteiger partial charge in [0.25, 0.3) is 0 Å². The summed E-state index contributed by atoms with van der Waals surface area (Å²) < 4.78 is 13.9. The Morgan fingerprint density at radius 3 is 2.57 bits per heavy atom. The molecule has 3 heterocycles. The summed E-state index contributed by atoms with van der Waals surface area (Å²) >= 11 is 0. The fourth-order valence-electron chi connectivity index (χ4n) is 3.51. The number of para-hydroxylation sites is 1. The Labute approximate surface area is 201 Å².